The highest BCUT2D eigenvalue weighted by molar-refractivity contribution is 7.89. The summed E-state index contributed by atoms with van der Waals surface area (Å²) in [6.45, 7) is 0. The van der Waals surface area contributed by atoms with Gasteiger partial charge in [0.15, 0.2) is 0 Å². The van der Waals surface area contributed by atoms with Crippen LogP contribution in [-0.4, -0.2) is 15.5 Å². The quantitative estimate of drug-likeness (QED) is 0.470. The molecule has 0 aromatic heterocycles. The van der Waals surface area contributed by atoms with E-state index in [1.807, 2.05) is 0 Å². The lowest BCUT2D eigenvalue weighted by molar-refractivity contribution is 0.588. The molecule has 0 radical (unpaired) electrons. The first-order valence-electron chi connectivity index (χ1n) is 3.60. The van der Waals surface area contributed by atoms with Crippen molar-refractivity contribution in [3.8, 4) is 0 Å². The predicted molar refractivity (Wildman–Crippen MR) is 50.5 cm³/mol. The fourth-order valence-corrected chi connectivity index (χ4v) is 1.58. The number of benzene rings is 1. The van der Waals surface area contributed by atoms with E-state index in [-0.39, 0.29) is 4.90 Å². The third kappa shape index (κ3) is 2.18. The van der Waals surface area contributed by atoms with Crippen molar-refractivity contribution in [3.63, 3.8) is 0 Å². The minimum absolute atomic E-state index is 0.217. The molecule has 0 atom stereocenters. The lowest BCUT2D eigenvalue weighted by Crippen LogP contribution is -2.18. The summed E-state index contributed by atoms with van der Waals surface area (Å²) in [6.07, 6.45) is 0. The van der Waals surface area contributed by atoms with Crippen molar-refractivity contribution in [2.45, 2.75) is 4.90 Å². The summed E-state index contributed by atoms with van der Waals surface area (Å²) in [5.41, 5.74) is 3.07. The first kappa shape index (κ1) is 9.97. The van der Waals surface area contributed by atoms with E-state index in [1.165, 1.54) is 19.2 Å². The molecule has 0 aliphatic rings. The van der Waals surface area contributed by atoms with Gasteiger partial charge in [-0.15, -0.1) is 0 Å². The van der Waals surface area contributed by atoms with Gasteiger partial charge in [0.1, 0.15) is 0 Å². The molecule has 1 aromatic carbocycles. The molecule has 5 nitrogen and oxygen atoms in total. The van der Waals surface area contributed by atoms with Gasteiger partial charge in [0.25, 0.3) is 0 Å². The van der Waals surface area contributed by atoms with Gasteiger partial charge in [-0.1, -0.05) is 0 Å². The van der Waals surface area contributed by atoms with Crippen molar-refractivity contribution in [2.24, 2.45) is 5.84 Å². The fraction of sp³-hybridized carbons (Fsp3) is 0.143. The Labute approximate surface area is 77.0 Å². The Kier molecular flexibility index (Phi) is 2.86. The third-order valence-corrected chi connectivity index (χ3v) is 3.03. The molecule has 0 heterocycles. The van der Waals surface area contributed by atoms with Gasteiger partial charge in [0.05, 0.1) is 4.90 Å². The molecule has 13 heavy (non-hydrogen) atoms. The van der Waals surface area contributed by atoms with Crippen LogP contribution in [0.2, 0.25) is 0 Å². The Morgan fingerprint density at radius 1 is 1.23 bits per heavy atom. The summed E-state index contributed by atoms with van der Waals surface area (Å²) in [5, 5.41) is 0. The van der Waals surface area contributed by atoms with Crippen LogP contribution in [0.5, 0.6) is 0 Å². The predicted octanol–water partition coefficient (Wildman–Crippen LogP) is -0.120. The zero-order chi connectivity index (χ0) is 9.90. The molecule has 72 valence electrons. The molecule has 0 aliphatic heterocycles. The summed E-state index contributed by atoms with van der Waals surface area (Å²) in [6, 6.07) is 6.12. The van der Waals surface area contributed by atoms with Gasteiger partial charge in [-0.2, -0.15) is 0 Å². The highest BCUT2D eigenvalue weighted by Crippen LogP contribution is 2.12. The number of hydrogen-bond donors (Lipinski definition) is 3. The molecule has 0 saturated heterocycles. The summed E-state index contributed by atoms with van der Waals surface area (Å²) >= 11 is 0. The van der Waals surface area contributed by atoms with Crippen LogP contribution < -0.4 is 16.0 Å². The van der Waals surface area contributed by atoms with E-state index in [0.717, 1.165) is 0 Å². The molecular formula is C7H11N3O2S. The van der Waals surface area contributed by atoms with Gasteiger partial charge in [-0.25, -0.2) is 13.1 Å². The standard InChI is InChI=1S/C7H11N3O2S/c1-9-13(11,12)7-4-2-6(10-8)3-5-7/h2-5,9-10H,8H2,1H3. The maximum absolute atomic E-state index is 11.2. The van der Waals surface area contributed by atoms with Gasteiger partial charge in [-0.05, 0) is 31.3 Å². The summed E-state index contributed by atoms with van der Waals surface area (Å²) in [4.78, 5) is 0.217. The average Bonchev–Trinajstić information content (AvgIpc) is 2.18. The van der Waals surface area contributed by atoms with Gasteiger partial charge in [0.2, 0.25) is 10.0 Å². The van der Waals surface area contributed by atoms with Crippen LogP contribution in [0.1, 0.15) is 0 Å². The van der Waals surface area contributed by atoms with Crippen molar-refractivity contribution >= 4 is 15.7 Å². The monoisotopic (exact) mass is 201 g/mol. The van der Waals surface area contributed by atoms with E-state index >= 15 is 0 Å². The number of nitrogen functional groups attached to an aromatic ring is 1. The first-order valence-corrected chi connectivity index (χ1v) is 5.08. The van der Waals surface area contributed by atoms with Gasteiger partial charge in [-0.3, -0.25) is 5.84 Å². The zero-order valence-electron chi connectivity index (χ0n) is 7.11. The van der Waals surface area contributed by atoms with Crippen molar-refractivity contribution in [1.29, 1.82) is 0 Å². The minimum atomic E-state index is -3.34. The van der Waals surface area contributed by atoms with Gasteiger partial charge >= 0.3 is 0 Å². The topological polar surface area (TPSA) is 84.2 Å². The van der Waals surface area contributed by atoms with Crippen LogP contribution in [0, 0.1) is 0 Å². The summed E-state index contributed by atoms with van der Waals surface area (Å²) in [7, 11) is -1.98. The summed E-state index contributed by atoms with van der Waals surface area (Å²) in [5.74, 6) is 5.13. The first-order chi connectivity index (χ1) is 6.10. The Hall–Kier alpha value is -1.11. The van der Waals surface area contributed by atoms with Crippen molar-refractivity contribution < 1.29 is 8.42 Å². The molecule has 0 spiro atoms. The van der Waals surface area contributed by atoms with Crippen LogP contribution in [0.15, 0.2) is 29.2 Å². The lowest BCUT2D eigenvalue weighted by atomic mass is 10.3. The number of hydrogen-bond acceptors (Lipinski definition) is 4. The minimum Gasteiger partial charge on any atom is -0.324 e. The second-order valence-corrected chi connectivity index (χ2v) is 4.26. The molecule has 0 fully saturated rings. The molecule has 1 aromatic rings. The van der Waals surface area contributed by atoms with Crippen LogP contribution in [0.25, 0.3) is 0 Å². The Morgan fingerprint density at radius 3 is 2.15 bits per heavy atom. The third-order valence-electron chi connectivity index (χ3n) is 1.60. The number of nitrogens with two attached hydrogens (primary N) is 1. The number of anilines is 1. The number of rotatable bonds is 3. The number of sulfonamides is 1. The van der Waals surface area contributed by atoms with Crippen LogP contribution in [0.3, 0.4) is 0 Å². The smallest absolute Gasteiger partial charge is 0.240 e. The van der Waals surface area contributed by atoms with E-state index in [4.69, 9.17) is 5.84 Å². The molecule has 0 amide bonds. The highest BCUT2D eigenvalue weighted by atomic mass is 32.2. The van der Waals surface area contributed by atoms with Crippen molar-refractivity contribution in [1.82, 2.24) is 4.72 Å². The Bertz CT molecular complexity index is 371. The Morgan fingerprint density at radius 2 is 1.77 bits per heavy atom. The molecule has 0 unspecified atom stereocenters. The maximum Gasteiger partial charge on any atom is 0.240 e. The van der Waals surface area contributed by atoms with Crippen LogP contribution in [-0.2, 0) is 10.0 Å². The Balaban J connectivity index is 3.06. The molecule has 0 saturated carbocycles. The molecular weight excluding hydrogens is 190 g/mol. The maximum atomic E-state index is 11.2. The molecule has 0 aliphatic carbocycles. The fourth-order valence-electron chi connectivity index (χ4n) is 0.848. The average molecular weight is 201 g/mol. The van der Waals surface area contributed by atoms with E-state index in [1.54, 1.807) is 12.1 Å². The SMILES string of the molecule is CNS(=O)(=O)c1ccc(NN)cc1. The van der Waals surface area contributed by atoms with E-state index in [9.17, 15) is 8.42 Å². The lowest BCUT2D eigenvalue weighted by Gasteiger charge is -2.03. The van der Waals surface area contributed by atoms with Gasteiger partial charge in [0, 0.05) is 5.69 Å². The second kappa shape index (κ2) is 3.73. The molecule has 4 N–H and O–H groups in total. The number of nitrogens with one attached hydrogen (secondary N) is 2. The molecule has 6 heteroatoms. The van der Waals surface area contributed by atoms with Crippen molar-refractivity contribution in [2.75, 3.05) is 12.5 Å². The summed E-state index contributed by atoms with van der Waals surface area (Å²) < 4.78 is 24.7. The van der Waals surface area contributed by atoms with Crippen molar-refractivity contribution in [3.05, 3.63) is 24.3 Å². The van der Waals surface area contributed by atoms with Gasteiger partial charge < -0.3 is 5.43 Å². The normalized spacial score (nSPS) is 11.2. The van der Waals surface area contributed by atoms with E-state index in [0.29, 0.717) is 5.69 Å². The van der Waals surface area contributed by atoms with Crippen LogP contribution in [0.4, 0.5) is 5.69 Å². The largest absolute Gasteiger partial charge is 0.324 e. The van der Waals surface area contributed by atoms with Crippen LogP contribution >= 0.6 is 0 Å². The zero-order valence-corrected chi connectivity index (χ0v) is 7.93. The number of hydrazine groups is 1. The van der Waals surface area contributed by atoms with E-state index < -0.39 is 10.0 Å². The molecule has 0 bridgehead atoms. The highest BCUT2D eigenvalue weighted by Gasteiger charge is 2.09. The molecule has 1 rings (SSSR count). The second-order valence-electron chi connectivity index (χ2n) is 2.38. The van der Waals surface area contributed by atoms with E-state index in [2.05, 4.69) is 10.1 Å².